The van der Waals surface area contributed by atoms with Gasteiger partial charge >= 0.3 is 0 Å². The van der Waals surface area contributed by atoms with E-state index in [-0.39, 0.29) is 5.41 Å². The highest BCUT2D eigenvalue weighted by molar-refractivity contribution is 5.78. The summed E-state index contributed by atoms with van der Waals surface area (Å²) in [5, 5.41) is 13.9. The molecule has 0 N–H and O–H groups in total. The molecule has 0 bridgehead atoms. The van der Waals surface area contributed by atoms with Crippen LogP contribution >= 0.6 is 0 Å². The van der Waals surface area contributed by atoms with Crippen LogP contribution in [0.3, 0.4) is 0 Å². The van der Waals surface area contributed by atoms with E-state index in [1.165, 1.54) is 0 Å². The topological polar surface area (TPSA) is 49.8 Å². The van der Waals surface area contributed by atoms with Crippen LogP contribution in [0.4, 0.5) is 0 Å². The summed E-state index contributed by atoms with van der Waals surface area (Å²) in [7, 11) is 0. The Morgan fingerprint density at radius 1 is 1.43 bits per heavy atom. The fourth-order valence-electron chi connectivity index (χ4n) is 1.75. The van der Waals surface area contributed by atoms with Gasteiger partial charge in [0.2, 0.25) is 0 Å². The maximum absolute atomic E-state index is 9.04. The Balaban J connectivity index is 2.19. The Morgan fingerprint density at radius 2 is 2.29 bits per heavy atom. The van der Waals surface area contributed by atoms with Crippen molar-refractivity contribution in [3.63, 3.8) is 0 Å². The molecule has 1 fully saturated rings. The summed E-state index contributed by atoms with van der Waals surface area (Å²) in [6, 6.07) is 8.27. The molecule has 1 aromatic heterocycles. The SMILES string of the molecule is N#CC1(c2ccc3conc3c2)CC1. The monoisotopic (exact) mass is 184 g/mol. The largest absolute Gasteiger partial charge is 0.364 e. The number of hydrogen-bond donors (Lipinski definition) is 0. The first-order valence-electron chi connectivity index (χ1n) is 4.60. The summed E-state index contributed by atoms with van der Waals surface area (Å²) in [6.07, 6.45) is 3.55. The summed E-state index contributed by atoms with van der Waals surface area (Å²) in [4.78, 5) is 0. The average molecular weight is 184 g/mol. The second-order valence-corrected chi connectivity index (χ2v) is 3.78. The Labute approximate surface area is 80.9 Å². The molecule has 0 amide bonds. The van der Waals surface area contributed by atoms with Crippen LogP contribution < -0.4 is 0 Å². The van der Waals surface area contributed by atoms with Gasteiger partial charge in [-0.05, 0) is 30.5 Å². The molecule has 1 heterocycles. The number of benzene rings is 1. The summed E-state index contributed by atoms with van der Waals surface area (Å²) >= 11 is 0. The first kappa shape index (κ1) is 7.57. The lowest BCUT2D eigenvalue weighted by molar-refractivity contribution is 0.428. The van der Waals surface area contributed by atoms with Crippen molar-refractivity contribution in [2.24, 2.45) is 0 Å². The number of fused-ring (bicyclic) bond motifs is 1. The molecule has 68 valence electrons. The molecule has 0 atom stereocenters. The molecule has 3 heteroatoms. The van der Waals surface area contributed by atoms with Crippen molar-refractivity contribution < 1.29 is 4.52 Å². The van der Waals surface area contributed by atoms with Crippen molar-refractivity contribution in [3.8, 4) is 6.07 Å². The zero-order valence-corrected chi connectivity index (χ0v) is 7.53. The Kier molecular flexibility index (Phi) is 1.27. The van der Waals surface area contributed by atoms with E-state index in [1.807, 2.05) is 18.2 Å². The minimum atomic E-state index is -0.229. The van der Waals surface area contributed by atoms with Crippen molar-refractivity contribution in [2.75, 3.05) is 0 Å². The van der Waals surface area contributed by atoms with Gasteiger partial charge in [0.05, 0.1) is 11.5 Å². The molecule has 1 aliphatic carbocycles. The van der Waals surface area contributed by atoms with Crippen LogP contribution in [0.5, 0.6) is 0 Å². The third kappa shape index (κ3) is 0.882. The Morgan fingerprint density at radius 3 is 3.00 bits per heavy atom. The lowest BCUT2D eigenvalue weighted by atomic mass is 9.97. The Hall–Kier alpha value is -1.82. The molecule has 0 aliphatic heterocycles. The number of rotatable bonds is 1. The third-order valence-electron chi connectivity index (χ3n) is 2.88. The number of nitriles is 1. The highest BCUT2D eigenvalue weighted by Gasteiger charge is 2.44. The van der Waals surface area contributed by atoms with Gasteiger partial charge in [-0.1, -0.05) is 11.2 Å². The van der Waals surface area contributed by atoms with Gasteiger partial charge in [0.25, 0.3) is 0 Å². The van der Waals surface area contributed by atoms with Gasteiger partial charge < -0.3 is 4.52 Å². The lowest BCUT2D eigenvalue weighted by Crippen LogP contribution is -2.01. The molecular weight excluding hydrogens is 176 g/mol. The van der Waals surface area contributed by atoms with Gasteiger partial charge in [0.15, 0.2) is 0 Å². The maximum Gasteiger partial charge on any atom is 0.131 e. The van der Waals surface area contributed by atoms with E-state index >= 15 is 0 Å². The van der Waals surface area contributed by atoms with Gasteiger partial charge in [0, 0.05) is 5.39 Å². The predicted molar refractivity (Wildman–Crippen MR) is 50.5 cm³/mol. The zero-order valence-electron chi connectivity index (χ0n) is 7.53. The Bertz CT molecular complexity index is 531. The van der Waals surface area contributed by atoms with Crippen molar-refractivity contribution in [1.29, 1.82) is 5.26 Å². The molecule has 0 unspecified atom stereocenters. The van der Waals surface area contributed by atoms with Crippen molar-refractivity contribution in [2.45, 2.75) is 18.3 Å². The predicted octanol–water partition coefficient (Wildman–Crippen LogP) is 2.38. The minimum absolute atomic E-state index is 0.229. The number of aromatic nitrogens is 1. The van der Waals surface area contributed by atoms with E-state index in [2.05, 4.69) is 11.2 Å². The fourth-order valence-corrected chi connectivity index (χ4v) is 1.75. The molecular formula is C11H8N2O. The molecule has 0 radical (unpaired) electrons. The van der Waals surface area contributed by atoms with E-state index in [0.717, 1.165) is 29.3 Å². The molecule has 2 aromatic rings. The second kappa shape index (κ2) is 2.36. The maximum atomic E-state index is 9.04. The fraction of sp³-hybridized carbons (Fsp3) is 0.273. The van der Waals surface area contributed by atoms with Gasteiger partial charge in [-0.15, -0.1) is 0 Å². The van der Waals surface area contributed by atoms with Crippen LogP contribution in [0.25, 0.3) is 10.9 Å². The van der Waals surface area contributed by atoms with Crippen LogP contribution in [0, 0.1) is 11.3 Å². The van der Waals surface area contributed by atoms with Crippen LogP contribution in [-0.4, -0.2) is 5.16 Å². The van der Waals surface area contributed by atoms with Gasteiger partial charge in [0.1, 0.15) is 11.8 Å². The molecule has 1 saturated carbocycles. The van der Waals surface area contributed by atoms with E-state index < -0.39 is 0 Å². The van der Waals surface area contributed by atoms with Crippen LogP contribution in [0.1, 0.15) is 18.4 Å². The smallest absolute Gasteiger partial charge is 0.131 e. The molecule has 3 rings (SSSR count). The summed E-state index contributed by atoms with van der Waals surface area (Å²) in [5.74, 6) is 0. The highest BCUT2D eigenvalue weighted by Crippen LogP contribution is 2.47. The molecule has 14 heavy (non-hydrogen) atoms. The molecule has 0 saturated heterocycles. The minimum Gasteiger partial charge on any atom is -0.364 e. The lowest BCUT2D eigenvalue weighted by Gasteiger charge is -2.04. The summed E-state index contributed by atoms with van der Waals surface area (Å²) in [5.41, 5.74) is 1.68. The van der Waals surface area contributed by atoms with Gasteiger partial charge in [-0.2, -0.15) is 5.26 Å². The van der Waals surface area contributed by atoms with E-state index in [9.17, 15) is 0 Å². The number of nitrogens with zero attached hydrogens (tertiary/aromatic N) is 2. The average Bonchev–Trinajstić information content (AvgIpc) is 2.89. The van der Waals surface area contributed by atoms with Crippen LogP contribution in [0.15, 0.2) is 29.0 Å². The summed E-state index contributed by atoms with van der Waals surface area (Å²) < 4.78 is 4.85. The first-order valence-corrected chi connectivity index (χ1v) is 4.60. The highest BCUT2D eigenvalue weighted by atomic mass is 16.5. The van der Waals surface area contributed by atoms with Crippen LogP contribution in [-0.2, 0) is 5.41 Å². The standard InChI is InChI=1S/C11H8N2O/c12-7-11(3-4-11)9-2-1-8-6-14-13-10(8)5-9/h1-2,5-6H,3-4H2. The van der Waals surface area contributed by atoms with Gasteiger partial charge in [-0.3, -0.25) is 0 Å². The van der Waals surface area contributed by atoms with Crippen LogP contribution in [0.2, 0.25) is 0 Å². The van der Waals surface area contributed by atoms with E-state index in [1.54, 1.807) is 6.26 Å². The third-order valence-corrected chi connectivity index (χ3v) is 2.88. The molecule has 1 aliphatic rings. The first-order chi connectivity index (χ1) is 6.84. The molecule has 1 aromatic carbocycles. The van der Waals surface area contributed by atoms with E-state index in [4.69, 9.17) is 9.78 Å². The number of hydrogen-bond acceptors (Lipinski definition) is 3. The normalized spacial score (nSPS) is 17.9. The summed E-state index contributed by atoms with van der Waals surface area (Å²) in [6.45, 7) is 0. The molecule has 0 spiro atoms. The van der Waals surface area contributed by atoms with E-state index in [0.29, 0.717) is 0 Å². The van der Waals surface area contributed by atoms with Gasteiger partial charge in [-0.25, -0.2) is 0 Å². The van der Waals surface area contributed by atoms with Crippen molar-refractivity contribution in [3.05, 3.63) is 30.0 Å². The van der Waals surface area contributed by atoms with Crippen molar-refractivity contribution >= 4 is 10.9 Å². The molecule has 3 nitrogen and oxygen atoms in total. The van der Waals surface area contributed by atoms with Crippen molar-refractivity contribution in [1.82, 2.24) is 5.16 Å². The zero-order chi connectivity index (χ0) is 9.60. The quantitative estimate of drug-likeness (QED) is 0.683. The second-order valence-electron chi connectivity index (χ2n) is 3.78.